The van der Waals surface area contributed by atoms with Gasteiger partial charge in [-0.1, -0.05) is 0 Å². The molecule has 0 aliphatic rings. The van der Waals surface area contributed by atoms with Gasteiger partial charge < -0.3 is 10.1 Å². The average molecular weight is 270 g/mol. The molecule has 0 saturated heterocycles. The van der Waals surface area contributed by atoms with Crippen molar-refractivity contribution in [2.45, 2.75) is 13.5 Å². The normalized spacial score (nSPS) is 11.0. The fourth-order valence-corrected chi connectivity index (χ4v) is 1.90. The fourth-order valence-electron chi connectivity index (χ4n) is 1.90. The van der Waals surface area contributed by atoms with Crippen LogP contribution in [0.5, 0.6) is 0 Å². The zero-order chi connectivity index (χ0) is 14.0. The Morgan fingerprint density at radius 2 is 1.95 bits per heavy atom. The van der Waals surface area contributed by atoms with Crippen LogP contribution in [0.3, 0.4) is 0 Å². The summed E-state index contributed by atoms with van der Waals surface area (Å²) >= 11 is 0. The van der Waals surface area contributed by atoms with Crippen LogP contribution >= 0.6 is 0 Å². The van der Waals surface area contributed by atoms with Gasteiger partial charge in [0.25, 0.3) is 0 Å². The van der Waals surface area contributed by atoms with Crippen molar-refractivity contribution in [2.75, 3.05) is 19.0 Å². The number of aromatic nitrogens is 1. The molecule has 0 aliphatic heterocycles. The van der Waals surface area contributed by atoms with Crippen molar-refractivity contribution in [2.24, 2.45) is 0 Å². The highest BCUT2D eigenvalue weighted by atomic mass is 19.2. The standard InChI is InChI=1S/C13H13F3N2O/c1-3-17-9-4-7(6-19-2)18-10-5-8(14)12(15)13(16)11(9)10/h4-5H,3,6H2,1-2H3,(H,17,18). The van der Waals surface area contributed by atoms with Crippen molar-refractivity contribution in [3.05, 3.63) is 35.3 Å². The summed E-state index contributed by atoms with van der Waals surface area (Å²) in [6.45, 7) is 2.54. The highest BCUT2D eigenvalue weighted by molar-refractivity contribution is 5.92. The van der Waals surface area contributed by atoms with Gasteiger partial charge in [0.15, 0.2) is 17.5 Å². The molecule has 19 heavy (non-hydrogen) atoms. The fraction of sp³-hybridized carbons (Fsp3) is 0.308. The molecule has 0 bridgehead atoms. The van der Waals surface area contributed by atoms with Gasteiger partial charge in [0.2, 0.25) is 0 Å². The number of fused-ring (bicyclic) bond motifs is 1. The summed E-state index contributed by atoms with van der Waals surface area (Å²) in [5.41, 5.74) is 0.939. The second kappa shape index (κ2) is 5.44. The second-order valence-electron chi connectivity index (χ2n) is 4.00. The minimum Gasteiger partial charge on any atom is -0.385 e. The number of ether oxygens (including phenoxy) is 1. The van der Waals surface area contributed by atoms with Crippen molar-refractivity contribution in [1.29, 1.82) is 0 Å². The maximum atomic E-state index is 13.8. The topological polar surface area (TPSA) is 34.1 Å². The molecule has 0 radical (unpaired) electrons. The van der Waals surface area contributed by atoms with E-state index in [4.69, 9.17) is 4.74 Å². The quantitative estimate of drug-likeness (QED) is 0.866. The summed E-state index contributed by atoms with van der Waals surface area (Å²) in [6, 6.07) is 2.45. The molecule has 1 aromatic carbocycles. The number of nitrogens with one attached hydrogen (secondary N) is 1. The van der Waals surface area contributed by atoms with Crippen LogP contribution in [0.25, 0.3) is 10.9 Å². The van der Waals surface area contributed by atoms with Gasteiger partial charge in [0.1, 0.15) is 0 Å². The molecule has 0 fully saturated rings. The van der Waals surface area contributed by atoms with Crippen molar-refractivity contribution in [3.63, 3.8) is 0 Å². The van der Waals surface area contributed by atoms with E-state index in [-0.39, 0.29) is 17.5 Å². The molecule has 1 heterocycles. The number of rotatable bonds is 4. The van der Waals surface area contributed by atoms with Crippen molar-refractivity contribution < 1.29 is 17.9 Å². The number of nitrogens with zero attached hydrogens (tertiary/aromatic N) is 1. The Morgan fingerprint density at radius 1 is 1.21 bits per heavy atom. The maximum Gasteiger partial charge on any atom is 0.195 e. The molecule has 1 aromatic heterocycles. The summed E-state index contributed by atoms with van der Waals surface area (Å²) in [4.78, 5) is 4.06. The van der Waals surface area contributed by atoms with Gasteiger partial charge in [0.05, 0.1) is 23.2 Å². The van der Waals surface area contributed by atoms with Crippen LogP contribution in [-0.2, 0) is 11.3 Å². The van der Waals surface area contributed by atoms with E-state index < -0.39 is 17.5 Å². The van der Waals surface area contributed by atoms with Gasteiger partial charge in [-0.25, -0.2) is 18.2 Å². The van der Waals surface area contributed by atoms with E-state index in [1.807, 2.05) is 6.92 Å². The molecule has 3 nitrogen and oxygen atoms in total. The van der Waals surface area contributed by atoms with Crippen LogP contribution in [-0.4, -0.2) is 18.6 Å². The molecule has 0 amide bonds. The van der Waals surface area contributed by atoms with Gasteiger partial charge in [-0.3, -0.25) is 0 Å². The van der Waals surface area contributed by atoms with Crippen molar-refractivity contribution in [1.82, 2.24) is 4.98 Å². The predicted molar refractivity (Wildman–Crippen MR) is 66.5 cm³/mol. The first kappa shape index (κ1) is 13.6. The molecule has 0 spiro atoms. The van der Waals surface area contributed by atoms with Crippen molar-refractivity contribution >= 4 is 16.6 Å². The van der Waals surface area contributed by atoms with Gasteiger partial charge in [-0.15, -0.1) is 0 Å². The number of hydrogen-bond acceptors (Lipinski definition) is 3. The Balaban J connectivity index is 2.75. The Hall–Kier alpha value is -1.82. The van der Waals surface area contributed by atoms with Crippen LogP contribution < -0.4 is 5.32 Å². The number of pyridine rings is 1. The lowest BCUT2D eigenvalue weighted by Crippen LogP contribution is -2.04. The summed E-state index contributed by atoms with van der Waals surface area (Å²) < 4.78 is 45.3. The Kier molecular flexibility index (Phi) is 3.90. The third-order valence-corrected chi connectivity index (χ3v) is 2.65. The Morgan fingerprint density at radius 3 is 2.58 bits per heavy atom. The van der Waals surface area contributed by atoms with E-state index in [2.05, 4.69) is 10.3 Å². The minimum absolute atomic E-state index is 0.0550. The largest absolute Gasteiger partial charge is 0.385 e. The second-order valence-corrected chi connectivity index (χ2v) is 4.00. The number of hydrogen-bond donors (Lipinski definition) is 1. The molecule has 0 saturated carbocycles. The number of anilines is 1. The van der Waals surface area contributed by atoms with Crippen LogP contribution in [0.15, 0.2) is 12.1 Å². The predicted octanol–water partition coefficient (Wildman–Crippen LogP) is 3.23. The molecule has 102 valence electrons. The van der Waals surface area contributed by atoms with Gasteiger partial charge in [0, 0.05) is 25.4 Å². The number of methoxy groups -OCH3 is 1. The molecule has 1 N–H and O–H groups in total. The molecule has 0 unspecified atom stereocenters. The lowest BCUT2D eigenvalue weighted by molar-refractivity contribution is 0.182. The van der Waals surface area contributed by atoms with Gasteiger partial charge >= 0.3 is 0 Å². The summed E-state index contributed by atoms with van der Waals surface area (Å²) in [6.07, 6.45) is 0. The number of benzene rings is 1. The highest BCUT2D eigenvalue weighted by Gasteiger charge is 2.18. The molecule has 2 rings (SSSR count). The molecular formula is C13H13F3N2O. The number of halogens is 3. The van der Waals surface area contributed by atoms with Crippen LogP contribution in [0.2, 0.25) is 0 Å². The lowest BCUT2D eigenvalue weighted by atomic mass is 10.1. The Bertz CT molecular complexity index is 617. The third-order valence-electron chi connectivity index (χ3n) is 2.65. The SMILES string of the molecule is CCNc1cc(COC)nc2cc(F)c(F)c(F)c12. The van der Waals surface area contributed by atoms with E-state index in [1.54, 1.807) is 6.07 Å². The van der Waals surface area contributed by atoms with Gasteiger partial charge in [-0.05, 0) is 13.0 Å². The van der Waals surface area contributed by atoms with Crippen molar-refractivity contribution in [3.8, 4) is 0 Å². The molecule has 0 aliphatic carbocycles. The smallest absolute Gasteiger partial charge is 0.195 e. The molecular weight excluding hydrogens is 257 g/mol. The first-order chi connectivity index (χ1) is 9.08. The van der Waals surface area contributed by atoms with E-state index in [9.17, 15) is 13.2 Å². The van der Waals surface area contributed by atoms with Crippen LogP contribution in [0.1, 0.15) is 12.6 Å². The first-order valence-corrected chi connectivity index (χ1v) is 5.78. The van der Waals surface area contributed by atoms with Gasteiger partial charge in [-0.2, -0.15) is 0 Å². The Labute approximate surface area is 108 Å². The minimum atomic E-state index is -1.49. The summed E-state index contributed by atoms with van der Waals surface area (Å²) in [5, 5.41) is 2.86. The summed E-state index contributed by atoms with van der Waals surface area (Å²) in [5.74, 6) is -3.98. The monoisotopic (exact) mass is 270 g/mol. The average Bonchev–Trinajstić information content (AvgIpc) is 2.36. The lowest BCUT2D eigenvalue weighted by Gasteiger charge is -2.11. The van der Waals surface area contributed by atoms with E-state index in [1.165, 1.54) is 7.11 Å². The highest BCUT2D eigenvalue weighted by Crippen LogP contribution is 2.29. The zero-order valence-corrected chi connectivity index (χ0v) is 10.6. The molecule has 2 aromatic rings. The van der Waals surface area contributed by atoms with E-state index in [0.29, 0.717) is 17.9 Å². The molecule has 6 heteroatoms. The first-order valence-electron chi connectivity index (χ1n) is 5.78. The molecule has 0 atom stereocenters. The van der Waals surface area contributed by atoms with Crippen LogP contribution in [0, 0.1) is 17.5 Å². The third kappa shape index (κ3) is 2.49. The zero-order valence-electron chi connectivity index (χ0n) is 10.6. The maximum absolute atomic E-state index is 13.8. The van der Waals surface area contributed by atoms with E-state index >= 15 is 0 Å². The van der Waals surface area contributed by atoms with Crippen LogP contribution in [0.4, 0.5) is 18.9 Å². The van der Waals surface area contributed by atoms with E-state index in [0.717, 1.165) is 6.07 Å². The summed E-state index contributed by atoms with van der Waals surface area (Å²) in [7, 11) is 1.49.